The highest BCUT2D eigenvalue weighted by Gasteiger charge is 2.45. The number of para-hydroxylation sites is 1. The third-order valence-corrected chi connectivity index (χ3v) is 14.1. The van der Waals surface area contributed by atoms with E-state index in [4.69, 9.17) is 4.98 Å². The summed E-state index contributed by atoms with van der Waals surface area (Å²) in [5, 5.41) is 7.52. The van der Waals surface area contributed by atoms with Crippen LogP contribution >= 0.6 is 0 Å². The normalized spacial score (nSPS) is 17.1. The van der Waals surface area contributed by atoms with Crippen molar-refractivity contribution in [3.63, 3.8) is 0 Å². The number of aromatic nitrogens is 1. The molecular formula is C25H23NSi2. The molecular weight excluding hydrogens is 370 g/mol. The van der Waals surface area contributed by atoms with E-state index in [9.17, 15) is 0 Å². The fourth-order valence-electron chi connectivity index (χ4n) is 5.49. The Bertz CT molecular complexity index is 1320. The predicted octanol–water partition coefficient (Wildman–Crippen LogP) is 3.84. The van der Waals surface area contributed by atoms with Crippen molar-refractivity contribution in [3.8, 4) is 22.4 Å². The molecule has 2 aliphatic heterocycles. The smallest absolute Gasteiger partial charge is 0.115 e. The average molecular weight is 394 g/mol. The van der Waals surface area contributed by atoms with Gasteiger partial charge in [-0.25, -0.2) is 4.98 Å². The molecule has 3 heteroatoms. The summed E-state index contributed by atoms with van der Waals surface area (Å²) in [6.45, 7) is 10.0. The van der Waals surface area contributed by atoms with Gasteiger partial charge in [0.15, 0.2) is 0 Å². The summed E-state index contributed by atoms with van der Waals surface area (Å²) in [6, 6.07) is 25.1. The Morgan fingerprint density at radius 2 is 1.21 bits per heavy atom. The molecule has 0 amide bonds. The summed E-state index contributed by atoms with van der Waals surface area (Å²) in [7, 11) is -3.57. The first-order chi connectivity index (χ1) is 13.4. The highest BCUT2D eigenvalue weighted by atomic mass is 28.3. The van der Waals surface area contributed by atoms with Crippen LogP contribution in [0.2, 0.25) is 26.2 Å². The Hall–Kier alpha value is -2.50. The standard InChI is InChI=1S/C25H23NSi2/c1-27(2)19-12-7-10-17-23(19)24-20(27)13-8-14-21(24)28(3,4)22-15-16-9-5-6-11-18(16)26-25(17)22/h5-15H,1-4H3. The molecule has 0 spiro atoms. The summed E-state index contributed by atoms with van der Waals surface area (Å²) in [4.78, 5) is 5.26. The minimum Gasteiger partial charge on any atom is -0.248 e. The summed E-state index contributed by atoms with van der Waals surface area (Å²) < 4.78 is 0. The van der Waals surface area contributed by atoms with Crippen molar-refractivity contribution in [2.45, 2.75) is 26.2 Å². The van der Waals surface area contributed by atoms with Gasteiger partial charge in [0, 0.05) is 10.9 Å². The van der Waals surface area contributed by atoms with Gasteiger partial charge >= 0.3 is 0 Å². The third kappa shape index (κ3) is 1.84. The molecule has 1 nitrogen and oxygen atoms in total. The molecule has 0 aliphatic carbocycles. The van der Waals surface area contributed by atoms with Gasteiger partial charge in [-0.05, 0) is 37.9 Å². The Labute approximate surface area is 168 Å². The van der Waals surface area contributed by atoms with E-state index in [2.05, 4.69) is 92.9 Å². The van der Waals surface area contributed by atoms with Crippen LogP contribution in [-0.2, 0) is 0 Å². The van der Waals surface area contributed by atoms with Crippen LogP contribution in [0.15, 0.2) is 66.7 Å². The van der Waals surface area contributed by atoms with Crippen molar-refractivity contribution >= 4 is 47.8 Å². The van der Waals surface area contributed by atoms with Gasteiger partial charge in [-0.3, -0.25) is 0 Å². The molecule has 28 heavy (non-hydrogen) atoms. The summed E-state index contributed by atoms with van der Waals surface area (Å²) in [6.07, 6.45) is 0. The lowest BCUT2D eigenvalue weighted by Crippen LogP contribution is -2.56. The molecule has 0 bridgehead atoms. The van der Waals surface area contributed by atoms with Crippen LogP contribution in [0.25, 0.3) is 33.3 Å². The van der Waals surface area contributed by atoms with Gasteiger partial charge in [0.2, 0.25) is 0 Å². The van der Waals surface area contributed by atoms with Crippen LogP contribution in [0.1, 0.15) is 0 Å². The van der Waals surface area contributed by atoms with Crippen LogP contribution in [0.5, 0.6) is 0 Å². The number of hydrogen-bond donors (Lipinski definition) is 0. The first-order valence-corrected chi connectivity index (χ1v) is 16.1. The molecule has 6 rings (SSSR count). The second kappa shape index (κ2) is 5.10. The topological polar surface area (TPSA) is 12.9 Å². The minimum atomic E-state index is -1.90. The van der Waals surface area contributed by atoms with Gasteiger partial charge in [0.25, 0.3) is 0 Å². The van der Waals surface area contributed by atoms with Crippen molar-refractivity contribution in [3.05, 3.63) is 66.7 Å². The first kappa shape index (κ1) is 16.5. The van der Waals surface area contributed by atoms with Crippen LogP contribution < -0.4 is 20.7 Å². The molecule has 136 valence electrons. The van der Waals surface area contributed by atoms with Crippen molar-refractivity contribution < 1.29 is 0 Å². The molecule has 0 saturated heterocycles. The maximum Gasteiger partial charge on any atom is 0.115 e. The Kier molecular flexibility index (Phi) is 3.00. The Balaban J connectivity index is 1.88. The molecule has 0 radical (unpaired) electrons. The fourth-order valence-corrected chi connectivity index (χ4v) is 11.7. The number of nitrogens with zero attached hydrogens (tertiary/aromatic N) is 1. The number of fused-ring (bicyclic) bond motifs is 3. The molecule has 0 saturated carbocycles. The largest absolute Gasteiger partial charge is 0.248 e. The van der Waals surface area contributed by atoms with Crippen molar-refractivity contribution in [2.75, 3.05) is 0 Å². The van der Waals surface area contributed by atoms with E-state index < -0.39 is 16.1 Å². The second-order valence-corrected chi connectivity index (χ2v) is 17.9. The lowest BCUT2D eigenvalue weighted by Gasteiger charge is -2.28. The predicted molar refractivity (Wildman–Crippen MR) is 126 cm³/mol. The highest BCUT2D eigenvalue weighted by molar-refractivity contribution is 7.07. The van der Waals surface area contributed by atoms with E-state index in [0.29, 0.717) is 0 Å². The number of benzene rings is 3. The molecule has 4 aromatic rings. The maximum absolute atomic E-state index is 5.26. The quantitative estimate of drug-likeness (QED) is 0.414. The van der Waals surface area contributed by atoms with E-state index in [0.717, 1.165) is 5.52 Å². The van der Waals surface area contributed by atoms with Gasteiger partial charge in [-0.1, -0.05) is 86.9 Å². The molecule has 0 N–H and O–H groups in total. The molecule has 0 atom stereocenters. The minimum absolute atomic E-state index is 1.10. The van der Waals surface area contributed by atoms with E-state index in [-0.39, 0.29) is 0 Å². The van der Waals surface area contributed by atoms with Crippen molar-refractivity contribution in [2.24, 2.45) is 0 Å². The van der Waals surface area contributed by atoms with Crippen molar-refractivity contribution in [1.29, 1.82) is 0 Å². The number of rotatable bonds is 0. The van der Waals surface area contributed by atoms with Gasteiger partial charge in [0.05, 0.1) is 11.2 Å². The zero-order chi connectivity index (χ0) is 19.3. The van der Waals surface area contributed by atoms with E-state index in [1.54, 1.807) is 21.1 Å². The Morgan fingerprint density at radius 1 is 0.607 bits per heavy atom. The lowest BCUT2D eigenvalue weighted by molar-refractivity contribution is 1.42. The average Bonchev–Trinajstić information content (AvgIpc) is 2.90. The third-order valence-electron chi connectivity index (χ3n) is 7.05. The van der Waals surface area contributed by atoms with Gasteiger partial charge < -0.3 is 0 Å². The van der Waals surface area contributed by atoms with Gasteiger partial charge in [0.1, 0.15) is 16.1 Å². The second-order valence-electron chi connectivity index (χ2n) is 9.28. The van der Waals surface area contributed by atoms with Gasteiger partial charge in [-0.2, -0.15) is 0 Å². The SMILES string of the molecule is C[Si]1(C)c2cc3ccccc3nc2-c2cccc3c2-c2c1cccc2[Si]3(C)C. The number of hydrogen-bond acceptors (Lipinski definition) is 1. The zero-order valence-corrected chi connectivity index (χ0v) is 18.8. The summed E-state index contributed by atoms with van der Waals surface area (Å²) in [5.74, 6) is 0. The van der Waals surface area contributed by atoms with Crippen LogP contribution in [0, 0.1) is 0 Å². The molecule has 1 aromatic heterocycles. The van der Waals surface area contributed by atoms with Crippen LogP contribution in [-0.4, -0.2) is 21.1 Å². The van der Waals surface area contributed by atoms with Gasteiger partial charge in [-0.15, -0.1) is 0 Å². The molecule has 0 fully saturated rings. The molecule has 0 unspecified atom stereocenters. The Morgan fingerprint density at radius 3 is 1.96 bits per heavy atom. The van der Waals surface area contributed by atoms with Crippen molar-refractivity contribution in [1.82, 2.24) is 4.98 Å². The molecule has 3 heterocycles. The lowest BCUT2D eigenvalue weighted by atomic mass is 9.97. The monoisotopic (exact) mass is 393 g/mol. The summed E-state index contributed by atoms with van der Waals surface area (Å²) in [5.41, 5.74) is 6.73. The molecule has 3 aromatic carbocycles. The fraction of sp³-hybridized carbons (Fsp3) is 0.160. The van der Waals surface area contributed by atoms with Crippen LogP contribution in [0.3, 0.4) is 0 Å². The maximum atomic E-state index is 5.26. The first-order valence-electron chi connectivity index (χ1n) is 10.1. The van der Waals surface area contributed by atoms with E-state index >= 15 is 0 Å². The van der Waals surface area contributed by atoms with E-state index in [1.807, 2.05) is 0 Å². The summed E-state index contributed by atoms with van der Waals surface area (Å²) >= 11 is 0. The zero-order valence-electron chi connectivity index (χ0n) is 16.8. The molecule has 2 aliphatic rings. The highest BCUT2D eigenvalue weighted by Crippen LogP contribution is 2.38. The van der Waals surface area contributed by atoms with E-state index in [1.165, 1.54) is 27.4 Å². The number of pyridine rings is 1. The van der Waals surface area contributed by atoms with Crippen LogP contribution in [0.4, 0.5) is 0 Å².